The molecule has 322 valence electrons. The van der Waals surface area contributed by atoms with E-state index in [-0.39, 0.29) is 71.3 Å². The summed E-state index contributed by atoms with van der Waals surface area (Å²) in [7, 11) is 0. The second kappa shape index (κ2) is 16.8. The van der Waals surface area contributed by atoms with Crippen LogP contribution in [0, 0.1) is 29.0 Å². The van der Waals surface area contributed by atoms with Crippen molar-refractivity contribution in [1.82, 2.24) is 30.6 Å². The van der Waals surface area contributed by atoms with Crippen LogP contribution in [0.4, 0.5) is 20.7 Å². The number of carbonyl (C=O) groups is 6. The zero-order chi connectivity index (χ0) is 43.2. The van der Waals surface area contributed by atoms with Gasteiger partial charge < -0.3 is 29.5 Å². The third kappa shape index (κ3) is 8.08. The Morgan fingerprint density at radius 2 is 1.56 bits per heavy atom. The van der Waals surface area contributed by atoms with Gasteiger partial charge in [0.05, 0.1) is 33.5 Å². The van der Waals surface area contributed by atoms with Gasteiger partial charge in [-0.2, -0.15) is 5.26 Å². The Kier molecular flexibility index (Phi) is 11.1. The number of imide groups is 2. The largest absolute Gasteiger partial charge is 0.490 e. The standard InChI is InChI=1S/C43H43ClFN9O8/c44-32-17-28(4-1-23(32)20-46)61-27-5-2-26(3-6-27)47-39(56)34-7-9-37(50-49-34)51-11-13-52(14-12-51)43(60)62-29-15-24-21-53(22-25(24)16-29)36-19-31-30(18-33(36)45)41(58)54(42(31)59)35-8-10-38(55)48-40(35)57/h1,4,7,9,17-19,24-27,29,35H,2-3,5-6,8,10-16,21-22H2,(H,47,56)(H,48,55,57)/t24-,25+,26?,27?,29?,35?. The van der Waals surface area contributed by atoms with E-state index in [4.69, 9.17) is 26.3 Å². The molecule has 9 rings (SSSR count). The molecular weight excluding hydrogens is 825 g/mol. The van der Waals surface area contributed by atoms with Gasteiger partial charge in [0.1, 0.15) is 29.8 Å². The van der Waals surface area contributed by atoms with Gasteiger partial charge in [-0.05, 0) is 93.2 Å². The Balaban J connectivity index is 0.705. The van der Waals surface area contributed by atoms with E-state index in [2.05, 4.69) is 20.8 Å². The Bertz CT molecular complexity index is 2370. The van der Waals surface area contributed by atoms with Crippen molar-refractivity contribution in [1.29, 1.82) is 5.26 Å². The third-order valence-electron chi connectivity index (χ3n) is 12.9. The lowest BCUT2D eigenvalue weighted by atomic mass is 9.93. The highest BCUT2D eigenvalue weighted by molar-refractivity contribution is 6.31. The number of nitrogens with zero attached hydrogens (tertiary/aromatic N) is 7. The van der Waals surface area contributed by atoms with Gasteiger partial charge in [-0.3, -0.25) is 34.2 Å². The molecule has 2 unspecified atom stereocenters. The predicted molar refractivity (Wildman–Crippen MR) is 218 cm³/mol. The Hall–Kier alpha value is -6.35. The van der Waals surface area contributed by atoms with Crippen LogP contribution in [0.3, 0.4) is 0 Å². The van der Waals surface area contributed by atoms with Crippen molar-refractivity contribution in [2.45, 2.75) is 75.7 Å². The second-order valence-corrected chi connectivity index (χ2v) is 17.2. The summed E-state index contributed by atoms with van der Waals surface area (Å²) in [5.41, 5.74) is 0.732. The maximum absolute atomic E-state index is 15.5. The van der Waals surface area contributed by atoms with Gasteiger partial charge in [-0.1, -0.05) is 11.6 Å². The maximum Gasteiger partial charge on any atom is 0.410 e. The number of halogens is 2. The molecule has 3 aromatic rings. The molecule has 2 aliphatic carbocycles. The number of piperidine rings is 1. The van der Waals surface area contributed by atoms with Crippen LogP contribution in [-0.2, 0) is 14.3 Å². The zero-order valence-corrected chi connectivity index (χ0v) is 34.3. The number of hydrogen-bond donors (Lipinski definition) is 2. The molecule has 0 bridgehead atoms. The van der Waals surface area contributed by atoms with E-state index in [1.165, 1.54) is 6.07 Å². The minimum atomic E-state index is -1.13. The molecule has 17 nitrogen and oxygen atoms in total. The summed E-state index contributed by atoms with van der Waals surface area (Å²) >= 11 is 6.13. The maximum atomic E-state index is 15.5. The monoisotopic (exact) mass is 867 g/mol. The molecule has 0 spiro atoms. The van der Waals surface area contributed by atoms with Crippen molar-refractivity contribution in [2.75, 3.05) is 49.1 Å². The quantitative estimate of drug-likeness (QED) is 0.309. The number of ether oxygens (including phenoxy) is 2. The number of piperazine rings is 1. The number of benzene rings is 2. The molecular formula is C43H43ClFN9O8. The lowest BCUT2D eigenvalue weighted by Gasteiger charge is -2.35. The smallest absolute Gasteiger partial charge is 0.410 e. The number of nitrogens with one attached hydrogen (secondary N) is 2. The Morgan fingerprint density at radius 1 is 0.855 bits per heavy atom. The normalized spacial score (nSPS) is 25.9. The number of carbonyl (C=O) groups excluding carboxylic acids is 6. The molecule has 19 heteroatoms. The molecule has 2 aromatic carbocycles. The highest BCUT2D eigenvalue weighted by Gasteiger charge is 2.47. The molecule has 62 heavy (non-hydrogen) atoms. The van der Waals surface area contributed by atoms with Gasteiger partial charge in [0.25, 0.3) is 17.7 Å². The zero-order valence-electron chi connectivity index (χ0n) is 33.6. The molecule has 3 saturated heterocycles. The average molecular weight is 868 g/mol. The summed E-state index contributed by atoms with van der Waals surface area (Å²) in [6.07, 6.45) is 3.51. The minimum absolute atomic E-state index is 0.00957. The fourth-order valence-corrected chi connectivity index (χ4v) is 9.86. The fourth-order valence-electron chi connectivity index (χ4n) is 9.65. The molecule has 2 saturated carbocycles. The van der Waals surface area contributed by atoms with Crippen LogP contribution in [0.1, 0.15) is 88.1 Å². The summed E-state index contributed by atoms with van der Waals surface area (Å²) in [5.74, 6) is -2.11. The van der Waals surface area contributed by atoms with E-state index in [0.717, 1.165) is 36.6 Å². The summed E-state index contributed by atoms with van der Waals surface area (Å²) in [6.45, 7) is 2.82. The molecule has 4 atom stereocenters. The summed E-state index contributed by atoms with van der Waals surface area (Å²) < 4.78 is 27.5. The Labute approximate surface area is 360 Å². The van der Waals surface area contributed by atoms with Gasteiger partial charge in [-0.15, -0.1) is 10.2 Å². The topological polar surface area (TPSA) is 207 Å². The van der Waals surface area contributed by atoms with E-state index in [0.29, 0.717) is 74.3 Å². The molecule has 1 aromatic heterocycles. The van der Waals surface area contributed by atoms with Crippen LogP contribution < -0.4 is 25.2 Å². The molecule has 2 N–H and O–H groups in total. The van der Waals surface area contributed by atoms with Gasteiger partial charge in [0.2, 0.25) is 11.8 Å². The first-order chi connectivity index (χ1) is 29.9. The number of hydrogen-bond acceptors (Lipinski definition) is 13. The van der Waals surface area contributed by atoms with Gasteiger partial charge in [-0.25, -0.2) is 9.18 Å². The highest BCUT2D eigenvalue weighted by Crippen LogP contribution is 2.43. The first-order valence-corrected chi connectivity index (χ1v) is 21.3. The van der Waals surface area contributed by atoms with Crippen LogP contribution in [0.2, 0.25) is 5.02 Å². The van der Waals surface area contributed by atoms with Crippen molar-refractivity contribution < 1.29 is 42.6 Å². The van der Waals surface area contributed by atoms with Crippen molar-refractivity contribution in [2.24, 2.45) is 11.8 Å². The SMILES string of the molecule is N#Cc1ccc(OC2CCC(NC(=O)c3ccc(N4CCN(C(=O)OC5C[C@@H]6CN(c7cc8c(cc7F)C(=O)N(C7CCC(=O)NC7=O)C8=O)C[C@@H]6C5)CC4)nn3)CC2)cc1Cl. The summed E-state index contributed by atoms with van der Waals surface area (Å²) in [6, 6.07) is 11.7. The molecule has 6 aliphatic rings. The number of rotatable bonds is 8. The summed E-state index contributed by atoms with van der Waals surface area (Å²) in [5, 5.41) is 23.2. The van der Waals surface area contributed by atoms with Crippen molar-refractivity contribution in [3.05, 3.63) is 75.7 Å². The highest BCUT2D eigenvalue weighted by atomic mass is 35.5. The lowest BCUT2D eigenvalue weighted by Crippen LogP contribution is -2.54. The van der Waals surface area contributed by atoms with Gasteiger partial charge in [0.15, 0.2) is 11.5 Å². The molecule has 6 amide bonds. The van der Waals surface area contributed by atoms with Gasteiger partial charge >= 0.3 is 6.09 Å². The van der Waals surface area contributed by atoms with E-state index in [1.807, 2.05) is 15.9 Å². The number of fused-ring (bicyclic) bond motifs is 2. The average Bonchev–Trinajstić information content (AvgIpc) is 3.90. The molecule has 5 fully saturated rings. The van der Waals surface area contributed by atoms with E-state index in [9.17, 15) is 28.8 Å². The van der Waals surface area contributed by atoms with E-state index >= 15 is 4.39 Å². The molecule has 5 heterocycles. The van der Waals surface area contributed by atoms with Gasteiger partial charge in [0, 0.05) is 57.8 Å². The number of nitriles is 1. The van der Waals surface area contributed by atoms with Crippen molar-refractivity contribution in [3.8, 4) is 11.8 Å². The Morgan fingerprint density at radius 3 is 2.21 bits per heavy atom. The van der Waals surface area contributed by atoms with Crippen molar-refractivity contribution >= 4 is 58.7 Å². The van der Waals surface area contributed by atoms with Crippen LogP contribution in [0.25, 0.3) is 0 Å². The van der Waals surface area contributed by atoms with E-state index < -0.39 is 41.6 Å². The molecule has 4 aliphatic heterocycles. The number of aromatic nitrogens is 2. The van der Waals surface area contributed by atoms with Crippen molar-refractivity contribution in [3.63, 3.8) is 0 Å². The van der Waals surface area contributed by atoms with Crippen LogP contribution in [0.15, 0.2) is 42.5 Å². The number of amides is 6. The van der Waals surface area contributed by atoms with Crippen LogP contribution in [0.5, 0.6) is 5.75 Å². The fraction of sp³-hybridized carbons (Fsp3) is 0.465. The van der Waals surface area contributed by atoms with Crippen LogP contribution in [-0.4, -0.2) is 119 Å². The first-order valence-electron chi connectivity index (χ1n) is 20.9. The van der Waals surface area contributed by atoms with E-state index in [1.54, 1.807) is 35.2 Å². The molecule has 0 radical (unpaired) electrons. The van der Waals surface area contributed by atoms with Crippen LogP contribution >= 0.6 is 11.6 Å². The predicted octanol–water partition coefficient (Wildman–Crippen LogP) is 3.84. The minimum Gasteiger partial charge on any atom is -0.490 e. The number of anilines is 2. The first kappa shape index (κ1) is 41.0. The lowest BCUT2D eigenvalue weighted by molar-refractivity contribution is -0.136. The second-order valence-electron chi connectivity index (χ2n) is 16.8. The third-order valence-corrected chi connectivity index (χ3v) is 13.3. The summed E-state index contributed by atoms with van der Waals surface area (Å²) in [4.78, 5) is 83.1.